The number of nitrogen functional groups attached to an aromatic ring is 2. The highest BCUT2D eigenvalue weighted by molar-refractivity contribution is 5.70. The van der Waals surface area contributed by atoms with Crippen LogP contribution in [0.4, 0.5) is 11.5 Å². The molecule has 0 aliphatic carbocycles. The standard InChI is InChI=1S/C9H10N4O/c1-4-2-5-7(11)6(3-10)8(12)13-9(5)14-4/h4H,2H2,1H3,(H4,11,12,13). The molecule has 0 amide bonds. The Balaban J connectivity index is 2.64. The van der Waals surface area contributed by atoms with E-state index in [9.17, 15) is 0 Å². The molecule has 0 spiro atoms. The maximum Gasteiger partial charge on any atom is 0.221 e. The highest BCUT2D eigenvalue weighted by Gasteiger charge is 2.26. The zero-order valence-electron chi connectivity index (χ0n) is 7.74. The van der Waals surface area contributed by atoms with Crippen molar-refractivity contribution in [2.45, 2.75) is 19.4 Å². The first-order valence-electron chi connectivity index (χ1n) is 4.28. The third-order valence-corrected chi connectivity index (χ3v) is 2.25. The van der Waals surface area contributed by atoms with E-state index in [0.717, 1.165) is 5.56 Å². The molecule has 0 saturated carbocycles. The Bertz CT molecular complexity index is 435. The molecule has 0 saturated heterocycles. The fourth-order valence-corrected chi connectivity index (χ4v) is 1.57. The third kappa shape index (κ3) is 1.04. The molecule has 14 heavy (non-hydrogen) atoms. The van der Waals surface area contributed by atoms with Gasteiger partial charge >= 0.3 is 0 Å². The Morgan fingerprint density at radius 3 is 2.93 bits per heavy atom. The van der Waals surface area contributed by atoms with E-state index < -0.39 is 0 Å². The quantitative estimate of drug-likeness (QED) is 0.618. The molecule has 1 aromatic rings. The second-order valence-corrected chi connectivity index (χ2v) is 3.31. The lowest BCUT2D eigenvalue weighted by molar-refractivity contribution is 0.246. The highest BCUT2D eigenvalue weighted by Crippen LogP contribution is 2.35. The normalized spacial score (nSPS) is 18.4. The number of rotatable bonds is 0. The Morgan fingerprint density at radius 2 is 2.29 bits per heavy atom. The Kier molecular flexibility index (Phi) is 1.71. The van der Waals surface area contributed by atoms with Gasteiger partial charge in [-0.1, -0.05) is 0 Å². The summed E-state index contributed by atoms with van der Waals surface area (Å²) in [4.78, 5) is 3.99. The minimum atomic E-state index is 0.0492. The van der Waals surface area contributed by atoms with Crippen molar-refractivity contribution in [1.29, 1.82) is 5.26 Å². The number of pyridine rings is 1. The Labute approximate surface area is 81.3 Å². The lowest BCUT2D eigenvalue weighted by Gasteiger charge is -2.05. The summed E-state index contributed by atoms with van der Waals surface area (Å²) in [5.41, 5.74) is 12.8. The summed E-state index contributed by atoms with van der Waals surface area (Å²) in [6.07, 6.45) is 0.733. The van der Waals surface area contributed by atoms with Crippen LogP contribution in [0.15, 0.2) is 0 Å². The number of anilines is 2. The smallest absolute Gasteiger partial charge is 0.221 e. The number of nitrogens with two attached hydrogens (primary N) is 2. The van der Waals surface area contributed by atoms with Gasteiger partial charge in [0, 0.05) is 12.0 Å². The first-order chi connectivity index (χ1) is 6.63. The maximum atomic E-state index is 8.81. The number of nitriles is 1. The molecule has 1 aliphatic heterocycles. The van der Waals surface area contributed by atoms with Crippen LogP contribution in [0.5, 0.6) is 5.88 Å². The van der Waals surface area contributed by atoms with Crippen molar-refractivity contribution < 1.29 is 4.74 Å². The molecule has 0 bridgehead atoms. The largest absolute Gasteiger partial charge is 0.474 e. The van der Waals surface area contributed by atoms with E-state index in [1.54, 1.807) is 0 Å². The second-order valence-electron chi connectivity index (χ2n) is 3.31. The predicted molar refractivity (Wildman–Crippen MR) is 51.6 cm³/mol. The van der Waals surface area contributed by atoms with Gasteiger partial charge in [-0.3, -0.25) is 0 Å². The molecule has 1 unspecified atom stereocenters. The molecule has 0 radical (unpaired) electrons. The first kappa shape index (κ1) is 8.63. The Morgan fingerprint density at radius 1 is 1.57 bits per heavy atom. The summed E-state index contributed by atoms with van der Waals surface area (Å²) in [7, 11) is 0. The minimum absolute atomic E-state index is 0.0492. The van der Waals surface area contributed by atoms with Gasteiger partial charge in [0.25, 0.3) is 0 Å². The van der Waals surface area contributed by atoms with E-state index in [2.05, 4.69) is 4.98 Å². The SMILES string of the molecule is CC1Cc2c(nc(N)c(C#N)c2N)O1. The zero-order chi connectivity index (χ0) is 10.3. The van der Waals surface area contributed by atoms with Crippen LogP contribution in [0.3, 0.4) is 0 Å². The van der Waals surface area contributed by atoms with Gasteiger partial charge in [0.05, 0.1) is 5.69 Å². The molecule has 1 aromatic heterocycles. The monoisotopic (exact) mass is 190 g/mol. The first-order valence-corrected chi connectivity index (χ1v) is 4.28. The van der Waals surface area contributed by atoms with Gasteiger partial charge < -0.3 is 16.2 Å². The maximum absolute atomic E-state index is 8.81. The van der Waals surface area contributed by atoms with Crippen LogP contribution in [-0.4, -0.2) is 11.1 Å². The fourth-order valence-electron chi connectivity index (χ4n) is 1.57. The molecule has 0 fully saturated rings. The van der Waals surface area contributed by atoms with Gasteiger partial charge in [0.15, 0.2) is 0 Å². The van der Waals surface area contributed by atoms with Crippen molar-refractivity contribution in [2.24, 2.45) is 0 Å². The molecule has 4 N–H and O–H groups in total. The lowest BCUT2D eigenvalue weighted by atomic mass is 10.1. The molecule has 5 nitrogen and oxygen atoms in total. The van der Waals surface area contributed by atoms with E-state index in [0.29, 0.717) is 18.0 Å². The number of hydrogen-bond acceptors (Lipinski definition) is 5. The van der Waals surface area contributed by atoms with Crippen molar-refractivity contribution >= 4 is 11.5 Å². The van der Waals surface area contributed by atoms with Gasteiger partial charge in [-0.2, -0.15) is 10.2 Å². The average molecular weight is 190 g/mol. The van der Waals surface area contributed by atoms with Gasteiger partial charge in [0.2, 0.25) is 5.88 Å². The van der Waals surface area contributed by atoms with Crippen molar-refractivity contribution in [3.63, 3.8) is 0 Å². The zero-order valence-corrected chi connectivity index (χ0v) is 7.74. The number of hydrogen-bond donors (Lipinski definition) is 2. The van der Waals surface area contributed by atoms with E-state index in [1.165, 1.54) is 0 Å². The van der Waals surface area contributed by atoms with Crippen molar-refractivity contribution in [1.82, 2.24) is 4.98 Å². The molecule has 0 aromatic carbocycles. The van der Waals surface area contributed by atoms with E-state index in [-0.39, 0.29) is 17.5 Å². The Hall–Kier alpha value is -1.96. The third-order valence-electron chi connectivity index (χ3n) is 2.25. The average Bonchev–Trinajstić information content (AvgIpc) is 2.47. The predicted octanol–water partition coefficient (Wildman–Crippen LogP) is 0.441. The number of ether oxygens (including phenoxy) is 1. The number of aromatic nitrogens is 1. The van der Waals surface area contributed by atoms with Crippen molar-refractivity contribution in [2.75, 3.05) is 11.5 Å². The molecule has 2 heterocycles. The summed E-state index contributed by atoms with van der Waals surface area (Å²) >= 11 is 0. The summed E-state index contributed by atoms with van der Waals surface area (Å²) in [6, 6.07) is 1.94. The van der Waals surface area contributed by atoms with Crippen LogP contribution in [0, 0.1) is 11.3 Å². The van der Waals surface area contributed by atoms with E-state index >= 15 is 0 Å². The van der Waals surface area contributed by atoms with Crippen LogP contribution in [0.2, 0.25) is 0 Å². The van der Waals surface area contributed by atoms with Gasteiger partial charge in [-0.15, -0.1) is 0 Å². The molecular weight excluding hydrogens is 180 g/mol. The van der Waals surface area contributed by atoms with E-state index in [4.69, 9.17) is 21.5 Å². The van der Waals surface area contributed by atoms with Gasteiger partial charge in [-0.05, 0) is 6.92 Å². The molecule has 5 heteroatoms. The molecule has 72 valence electrons. The molecule has 1 aliphatic rings. The minimum Gasteiger partial charge on any atom is -0.474 e. The second kappa shape index (κ2) is 2.77. The van der Waals surface area contributed by atoms with Gasteiger partial charge in [0.1, 0.15) is 23.6 Å². The molecule has 2 rings (SSSR count). The van der Waals surface area contributed by atoms with Crippen molar-refractivity contribution in [3.8, 4) is 11.9 Å². The summed E-state index contributed by atoms with van der Waals surface area (Å²) in [5.74, 6) is 0.601. The van der Waals surface area contributed by atoms with Gasteiger partial charge in [-0.25, -0.2) is 0 Å². The fraction of sp³-hybridized carbons (Fsp3) is 0.333. The van der Waals surface area contributed by atoms with Crippen LogP contribution in [-0.2, 0) is 6.42 Å². The lowest BCUT2D eigenvalue weighted by Crippen LogP contribution is -2.05. The van der Waals surface area contributed by atoms with Crippen molar-refractivity contribution in [3.05, 3.63) is 11.1 Å². The number of nitrogens with zero attached hydrogens (tertiary/aromatic N) is 2. The molecular formula is C9H10N4O. The summed E-state index contributed by atoms with van der Waals surface area (Å²) < 4.78 is 5.39. The van der Waals surface area contributed by atoms with Crippen LogP contribution < -0.4 is 16.2 Å². The van der Waals surface area contributed by atoms with Crippen LogP contribution in [0.1, 0.15) is 18.1 Å². The van der Waals surface area contributed by atoms with E-state index in [1.807, 2.05) is 13.0 Å². The summed E-state index contributed by atoms with van der Waals surface area (Å²) in [6.45, 7) is 1.92. The molecule has 1 atom stereocenters. The highest BCUT2D eigenvalue weighted by atomic mass is 16.5. The van der Waals surface area contributed by atoms with Crippen LogP contribution >= 0.6 is 0 Å². The topological polar surface area (TPSA) is 98.0 Å². The summed E-state index contributed by atoms with van der Waals surface area (Å²) in [5, 5.41) is 8.81. The number of fused-ring (bicyclic) bond motifs is 1. The van der Waals surface area contributed by atoms with Crippen LogP contribution in [0.25, 0.3) is 0 Å².